The third kappa shape index (κ3) is 4.11. The van der Waals surface area contributed by atoms with Crippen molar-refractivity contribution in [2.75, 3.05) is 32.0 Å². The Morgan fingerprint density at radius 2 is 1.87 bits per heavy atom. The van der Waals surface area contributed by atoms with Gasteiger partial charge in [0.15, 0.2) is 0 Å². The second-order valence-corrected chi connectivity index (χ2v) is 6.16. The molecule has 0 unspecified atom stereocenters. The fourth-order valence-corrected chi connectivity index (χ4v) is 3.06. The van der Waals surface area contributed by atoms with Crippen molar-refractivity contribution in [1.82, 2.24) is 10.2 Å². The quantitative estimate of drug-likeness (QED) is 0.909. The van der Waals surface area contributed by atoms with Gasteiger partial charge in [0, 0.05) is 18.7 Å². The maximum Gasteiger partial charge on any atom is 0.319 e. The molecule has 0 saturated carbocycles. The van der Waals surface area contributed by atoms with Crippen molar-refractivity contribution in [2.45, 2.75) is 6.42 Å². The maximum absolute atomic E-state index is 12.2. The highest BCUT2D eigenvalue weighted by Crippen LogP contribution is 2.27. The molecule has 1 aliphatic heterocycles. The first-order valence-electron chi connectivity index (χ1n) is 8.10. The molecule has 2 N–H and O–H groups in total. The summed E-state index contributed by atoms with van der Waals surface area (Å²) < 4.78 is 0. The van der Waals surface area contributed by atoms with E-state index in [2.05, 4.69) is 22.6 Å². The predicted octanol–water partition coefficient (Wildman–Crippen LogP) is 3.43. The topological polar surface area (TPSA) is 44.4 Å². The minimum absolute atomic E-state index is 0.136. The normalized spacial score (nSPS) is 17.9. The van der Waals surface area contributed by atoms with Crippen LogP contribution in [0.3, 0.4) is 0 Å². The number of benzene rings is 2. The van der Waals surface area contributed by atoms with Crippen molar-refractivity contribution in [3.05, 3.63) is 54.6 Å². The molecule has 2 aromatic carbocycles. The summed E-state index contributed by atoms with van der Waals surface area (Å²) in [6.07, 6.45) is 1.15. The van der Waals surface area contributed by atoms with E-state index in [1.54, 1.807) is 0 Å². The predicted molar refractivity (Wildman–Crippen MR) is 94.5 cm³/mol. The number of amides is 2. The molecule has 1 aliphatic rings. The first-order valence-corrected chi connectivity index (χ1v) is 8.10. The molecule has 1 atom stereocenters. The lowest BCUT2D eigenvalue weighted by atomic mass is 10.0. The summed E-state index contributed by atoms with van der Waals surface area (Å²) in [6, 6.07) is 17.8. The van der Waals surface area contributed by atoms with Crippen molar-refractivity contribution in [1.29, 1.82) is 0 Å². The number of carbonyl (C=O) groups excluding carboxylic acids is 1. The number of urea groups is 1. The third-order valence-electron chi connectivity index (χ3n) is 4.30. The number of rotatable bonds is 4. The van der Waals surface area contributed by atoms with E-state index in [-0.39, 0.29) is 6.03 Å². The Labute approximate surface area is 137 Å². The fraction of sp³-hybridized carbons (Fsp3) is 0.316. The minimum atomic E-state index is -0.136. The van der Waals surface area contributed by atoms with Gasteiger partial charge >= 0.3 is 6.03 Å². The maximum atomic E-state index is 12.2. The number of carbonyl (C=O) groups is 1. The molecule has 3 rings (SSSR count). The average molecular weight is 309 g/mol. The molecule has 1 saturated heterocycles. The Morgan fingerprint density at radius 1 is 1.13 bits per heavy atom. The van der Waals surface area contributed by atoms with Crippen LogP contribution >= 0.6 is 0 Å². The summed E-state index contributed by atoms with van der Waals surface area (Å²) in [5.74, 6) is 0.551. The lowest BCUT2D eigenvalue weighted by molar-refractivity contribution is 0.250. The Kier molecular flexibility index (Phi) is 4.93. The smallest absolute Gasteiger partial charge is 0.319 e. The zero-order chi connectivity index (χ0) is 16.1. The molecule has 120 valence electrons. The minimum Gasteiger partial charge on any atom is -0.338 e. The van der Waals surface area contributed by atoms with Crippen LogP contribution in [0.25, 0.3) is 11.1 Å². The van der Waals surface area contributed by atoms with Crippen LogP contribution in [0.1, 0.15) is 6.42 Å². The molecule has 4 nitrogen and oxygen atoms in total. The first kappa shape index (κ1) is 15.6. The highest BCUT2D eigenvalue weighted by atomic mass is 16.2. The van der Waals surface area contributed by atoms with Crippen LogP contribution < -0.4 is 10.6 Å². The fourth-order valence-electron chi connectivity index (χ4n) is 3.06. The van der Waals surface area contributed by atoms with E-state index in [4.69, 9.17) is 0 Å². The van der Waals surface area contributed by atoms with E-state index in [9.17, 15) is 4.79 Å². The van der Waals surface area contributed by atoms with Gasteiger partial charge in [-0.15, -0.1) is 0 Å². The van der Waals surface area contributed by atoms with Gasteiger partial charge in [-0.2, -0.15) is 0 Å². The number of para-hydroxylation sites is 1. The molecule has 23 heavy (non-hydrogen) atoms. The van der Waals surface area contributed by atoms with E-state index >= 15 is 0 Å². The summed E-state index contributed by atoms with van der Waals surface area (Å²) in [6.45, 7) is 2.90. The molecule has 2 amide bonds. The van der Waals surface area contributed by atoms with E-state index in [1.807, 2.05) is 54.6 Å². The van der Waals surface area contributed by atoms with Crippen LogP contribution in [-0.4, -0.2) is 37.6 Å². The molecule has 0 spiro atoms. The monoisotopic (exact) mass is 309 g/mol. The lowest BCUT2D eigenvalue weighted by Crippen LogP contribution is -2.34. The van der Waals surface area contributed by atoms with Gasteiger partial charge in [-0.1, -0.05) is 48.5 Å². The molecular weight excluding hydrogens is 286 g/mol. The van der Waals surface area contributed by atoms with Gasteiger partial charge in [-0.05, 0) is 37.6 Å². The molecule has 1 heterocycles. The second-order valence-electron chi connectivity index (χ2n) is 6.16. The van der Waals surface area contributed by atoms with Crippen LogP contribution in [0.15, 0.2) is 54.6 Å². The molecular formula is C19H23N3O. The summed E-state index contributed by atoms with van der Waals surface area (Å²) in [7, 11) is 2.12. The van der Waals surface area contributed by atoms with Crippen LogP contribution in [0.2, 0.25) is 0 Å². The van der Waals surface area contributed by atoms with Crippen LogP contribution in [0.5, 0.6) is 0 Å². The van der Waals surface area contributed by atoms with Gasteiger partial charge in [0.1, 0.15) is 0 Å². The number of likely N-dealkylation sites (tertiary alicyclic amines) is 1. The van der Waals surface area contributed by atoms with Crippen LogP contribution in [0.4, 0.5) is 10.5 Å². The SMILES string of the molecule is CN1CC[C@@H](CNC(=O)Nc2ccccc2-c2ccccc2)C1. The number of nitrogens with zero attached hydrogens (tertiary/aromatic N) is 1. The largest absolute Gasteiger partial charge is 0.338 e. The standard InChI is InChI=1S/C19H23N3O/c1-22-12-11-15(14-22)13-20-19(23)21-18-10-6-5-9-17(18)16-7-3-2-4-8-16/h2-10,15H,11-14H2,1H3,(H2,20,21,23)/t15-/m0/s1. The van der Waals surface area contributed by atoms with Crippen molar-refractivity contribution < 1.29 is 4.79 Å². The Balaban J connectivity index is 1.62. The van der Waals surface area contributed by atoms with Crippen LogP contribution in [-0.2, 0) is 0 Å². The molecule has 0 radical (unpaired) electrons. The Bertz CT molecular complexity index is 657. The summed E-state index contributed by atoms with van der Waals surface area (Å²) >= 11 is 0. The van der Waals surface area contributed by atoms with Gasteiger partial charge in [0.05, 0.1) is 5.69 Å². The molecule has 4 heteroatoms. The molecule has 0 bridgehead atoms. The molecule has 1 fully saturated rings. The van der Waals surface area contributed by atoms with Gasteiger partial charge < -0.3 is 15.5 Å². The zero-order valence-corrected chi connectivity index (χ0v) is 13.5. The van der Waals surface area contributed by atoms with Gasteiger partial charge in [-0.25, -0.2) is 4.79 Å². The van der Waals surface area contributed by atoms with Gasteiger partial charge in [-0.3, -0.25) is 0 Å². The van der Waals surface area contributed by atoms with E-state index in [0.29, 0.717) is 5.92 Å². The van der Waals surface area contributed by atoms with Gasteiger partial charge in [0.25, 0.3) is 0 Å². The van der Waals surface area contributed by atoms with Crippen LogP contribution in [0, 0.1) is 5.92 Å². The van der Waals surface area contributed by atoms with Crippen molar-refractivity contribution in [2.24, 2.45) is 5.92 Å². The molecule has 0 aliphatic carbocycles. The third-order valence-corrected chi connectivity index (χ3v) is 4.30. The van der Waals surface area contributed by atoms with Crippen molar-refractivity contribution in [3.8, 4) is 11.1 Å². The second kappa shape index (κ2) is 7.29. The summed E-state index contributed by atoms with van der Waals surface area (Å²) in [5, 5.41) is 5.98. The van der Waals surface area contributed by atoms with E-state index in [1.165, 1.54) is 0 Å². The number of hydrogen-bond donors (Lipinski definition) is 2. The van der Waals surface area contributed by atoms with Crippen molar-refractivity contribution in [3.63, 3.8) is 0 Å². The number of anilines is 1. The van der Waals surface area contributed by atoms with E-state index < -0.39 is 0 Å². The average Bonchev–Trinajstić information content (AvgIpc) is 3.00. The number of nitrogens with one attached hydrogen (secondary N) is 2. The Morgan fingerprint density at radius 3 is 2.61 bits per heavy atom. The summed E-state index contributed by atoms with van der Waals surface area (Å²) in [5.41, 5.74) is 2.96. The molecule has 2 aromatic rings. The summed E-state index contributed by atoms with van der Waals surface area (Å²) in [4.78, 5) is 14.5. The zero-order valence-electron chi connectivity index (χ0n) is 13.5. The van der Waals surface area contributed by atoms with Crippen molar-refractivity contribution >= 4 is 11.7 Å². The highest BCUT2D eigenvalue weighted by Gasteiger charge is 2.19. The molecule has 0 aromatic heterocycles. The first-order chi connectivity index (χ1) is 11.2. The Hall–Kier alpha value is -2.33. The highest BCUT2D eigenvalue weighted by molar-refractivity contribution is 5.94. The van der Waals surface area contributed by atoms with E-state index in [0.717, 1.165) is 42.9 Å². The van der Waals surface area contributed by atoms with Gasteiger partial charge in [0.2, 0.25) is 0 Å². The lowest BCUT2D eigenvalue weighted by Gasteiger charge is -2.14. The number of hydrogen-bond acceptors (Lipinski definition) is 2.